The Labute approximate surface area is 638 Å². The molecule has 0 rings (SSSR count). The minimum atomic E-state index is -4.97. The number of phosphoric ester groups is 2. The van der Waals surface area contributed by atoms with E-state index in [1.165, 1.54) is 250 Å². The van der Waals surface area contributed by atoms with Crippen LogP contribution in [0.15, 0.2) is 0 Å². The molecule has 0 heterocycles. The highest BCUT2D eigenvalue weighted by Crippen LogP contribution is 2.45. The Morgan fingerprint density at radius 1 is 0.279 bits per heavy atom. The number of unbranched alkanes of at least 4 members (excludes halogenated alkanes) is 50. The number of carbonyl (C=O) groups excluding carboxylic acids is 4. The summed E-state index contributed by atoms with van der Waals surface area (Å²) < 4.78 is 68.9. The molecule has 104 heavy (non-hydrogen) atoms. The monoisotopic (exact) mass is 1520 g/mol. The number of rotatable bonds is 83. The number of carbonyl (C=O) groups is 4. The van der Waals surface area contributed by atoms with E-state index in [1.807, 2.05) is 0 Å². The topological polar surface area (TPSA) is 237 Å². The highest BCUT2D eigenvalue weighted by atomic mass is 31.2. The van der Waals surface area contributed by atoms with Crippen molar-refractivity contribution in [2.75, 3.05) is 39.6 Å². The Morgan fingerprint density at radius 2 is 0.490 bits per heavy atom. The van der Waals surface area contributed by atoms with Crippen LogP contribution >= 0.6 is 15.6 Å². The maximum atomic E-state index is 13.1. The first kappa shape index (κ1) is 102. The lowest BCUT2D eigenvalue weighted by Crippen LogP contribution is -2.30. The molecule has 0 amide bonds. The van der Waals surface area contributed by atoms with Gasteiger partial charge in [-0.2, -0.15) is 0 Å². The SMILES string of the molecule is CCCCCCCCCCCCCCCCCCCCCCC(=O)O[C@H](COC(=O)CCCCCCCCCCCCCCCCC(C)C)COP(=O)(O)OC[C@@H](O)COP(=O)(O)OC[C@@H](COC(=O)CCCCCCCCC(C)CC)OC(=O)CCCCCCCCCCCCCCCCC(C)C. The third-order valence-corrected chi connectivity index (χ3v) is 22.1. The second-order valence-corrected chi connectivity index (χ2v) is 34.7. The van der Waals surface area contributed by atoms with Crippen molar-refractivity contribution in [3.63, 3.8) is 0 Å². The fourth-order valence-electron chi connectivity index (χ4n) is 13.2. The van der Waals surface area contributed by atoms with Gasteiger partial charge in [-0.1, -0.05) is 395 Å². The molecule has 0 aromatic heterocycles. The molecule has 3 unspecified atom stereocenters. The van der Waals surface area contributed by atoms with E-state index in [0.717, 1.165) is 114 Å². The third-order valence-electron chi connectivity index (χ3n) is 20.2. The van der Waals surface area contributed by atoms with Gasteiger partial charge in [0, 0.05) is 25.7 Å². The van der Waals surface area contributed by atoms with Gasteiger partial charge < -0.3 is 33.8 Å². The predicted molar refractivity (Wildman–Crippen MR) is 428 cm³/mol. The normalized spacial score (nSPS) is 14.2. The molecule has 19 heteroatoms. The lowest BCUT2D eigenvalue weighted by atomic mass is 10.00. The first-order valence-corrected chi connectivity index (χ1v) is 46.9. The molecule has 0 fully saturated rings. The van der Waals surface area contributed by atoms with Crippen LogP contribution in [0.3, 0.4) is 0 Å². The zero-order valence-electron chi connectivity index (χ0n) is 68.5. The number of phosphoric acid groups is 2. The predicted octanol–water partition coefficient (Wildman–Crippen LogP) is 25.7. The molecule has 0 saturated heterocycles. The summed E-state index contributed by atoms with van der Waals surface area (Å²) >= 11 is 0. The Morgan fingerprint density at radius 3 is 0.731 bits per heavy atom. The summed E-state index contributed by atoms with van der Waals surface area (Å²) in [6.45, 7) is 12.0. The zero-order valence-corrected chi connectivity index (χ0v) is 70.3. The zero-order chi connectivity index (χ0) is 76.5. The molecule has 0 bridgehead atoms. The standard InChI is InChI=1S/C85H166O17P2/c1-8-10-11-12-13-14-15-16-17-18-19-20-21-22-30-35-40-45-54-61-68-84(89)101-80(72-95-82(87)66-59-52-44-39-34-29-25-23-27-32-37-42-49-56-63-76(3)4)74-99-103(91,92)97-70-79(86)71-98-104(93,94)100-75-81(73-96-83(88)67-60-53-48-47-51-58-65-78(7)9-2)102-85(90)69-62-55-46-41-36-31-26-24-28-33-38-43-50-57-64-77(5)6/h76-81,86H,8-75H2,1-7H3,(H,91,92)(H,93,94)/t78?,79-,80-,81-/m1/s1. The second kappa shape index (κ2) is 75.1. The van der Waals surface area contributed by atoms with Gasteiger partial charge in [0.2, 0.25) is 0 Å². The first-order chi connectivity index (χ1) is 50.3. The molecule has 618 valence electrons. The van der Waals surface area contributed by atoms with Crippen LogP contribution in [0, 0.1) is 17.8 Å². The van der Waals surface area contributed by atoms with Crippen molar-refractivity contribution in [2.45, 2.75) is 465 Å². The molecule has 0 aliphatic heterocycles. The fourth-order valence-corrected chi connectivity index (χ4v) is 14.7. The van der Waals surface area contributed by atoms with Gasteiger partial charge in [-0.15, -0.1) is 0 Å². The van der Waals surface area contributed by atoms with E-state index in [0.29, 0.717) is 25.7 Å². The summed E-state index contributed by atoms with van der Waals surface area (Å²) in [6.07, 6.45) is 65.3. The van der Waals surface area contributed by atoms with Crippen molar-refractivity contribution in [3.05, 3.63) is 0 Å². The summed E-state index contributed by atoms with van der Waals surface area (Å²) in [6, 6.07) is 0. The summed E-state index contributed by atoms with van der Waals surface area (Å²) in [5.74, 6) is 0.218. The lowest BCUT2D eigenvalue weighted by Gasteiger charge is -2.21. The van der Waals surface area contributed by atoms with Crippen LogP contribution < -0.4 is 0 Å². The van der Waals surface area contributed by atoms with Crippen LogP contribution in [0.4, 0.5) is 0 Å². The van der Waals surface area contributed by atoms with Crippen molar-refractivity contribution < 1.29 is 80.2 Å². The van der Waals surface area contributed by atoms with E-state index in [4.69, 9.17) is 37.0 Å². The molecular formula is C85H166O17P2. The smallest absolute Gasteiger partial charge is 0.462 e. The summed E-state index contributed by atoms with van der Waals surface area (Å²) in [7, 11) is -9.93. The summed E-state index contributed by atoms with van der Waals surface area (Å²) in [4.78, 5) is 73.2. The first-order valence-electron chi connectivity index (χ1n) is 43.9. The average molecular weight is 1520 g/mol. The minimum absolute atomic E-state index is 0.107. The van der Waals surface area contributed by atoms with Gasteiger partial charge in [-0.25, -0.2) is 9.13 Å². The molecule has 6 atom stereocenters. The van der Waals surface area contributed by atoms with Crippen LogP contribution in [0.5, 0.6) is 0 Å². The molecule has 0 aromatic rings. The lowest BCUT2D eigenvalue weighted by molar-refractivity contribution is -0.161. The second-order valence-electron chi connectivity index (χ2n) is 31.8. The van der Waals surface area contributed by atoms with Gasteiger partial charge in [0.05, 0.1) is 26.4 Å². The van der Waals surface area contributed by atoms with E-state index in [9.17, 15) is 43.2 Å². The molecular weight excluding hydrogens is 1350 g/mol. The van der Waals surface area contributed by atoms with Crippen LogP contribution in [-0.4, -0.2) is 96.7 Å². The summed E-state index contributed by atoms with van der Waals surface area (Å²) in [5.41, 5.74) is 0. The quantitative estimate of drug-likeness (QED) is 0.0222. The van der Waals surface area contributed by atoms with E-state index in [-0.39, 0.29) is 25.7 Å². The number of hydrogen-bond acceptors (Lipinski definition) is 15. The Kier molecular flexibility index (Phi) is 73.7. The number of aliphatic hydroxyl groups is 1. The van der Waals surface area contributed by atoms with E-state index >= 15 is 0 Å². The number of aliphatic hydroxyl groups excluding tert-OH is 1. The fraction of sp³-hybridized carbons (Fsp3) is 0.953. The third kappa shape index (κ3) is 76.8. The van der Waals surface area contributed by atoms with E-state index in [2.05, 4.69) is 48.5 Å². The minimum Gasteiger partial charge on any atom is -0.462 e. The molecule has 0 aliphatic rings. The van der Waals surface area contributed by atoms with Gasteiger partial charge >= 0.3 is 39.5 Å². The van der Waals surface area contributed by atoms with Gasteiger partial charge in [-0.05, 0) is 43.4 Å². The molecule has 0 radical (unpaired) electrons. The van der Waals surface area contributed by atoms with Crippen LogP contribution in [-0.2, 0) is 65.4 Å². The number of hydrogen-bond donors (Lipinski definition) is 3. The molecule has 3 N–H and O–H groups in total. The highest BCUT2D eigenvalue weighted by molar-refractivity contribution is 7.47. The van der Waals surface area contributed by atoms with Crippen molar-refractivity contribution in [1.82, 2.24) is 0 Å². The molecule has 0 saturated carbocycles. The van der Waals surface area contributed by atoms with Gasteiger partial charge in [0.1, 0.15) is 19.3 Å². The number of esters is 4. The summed E-state index contributed by atoms with van der Waals surface area (Å²) in [5, 5.41) is 10.7. The van der Waals surface area contributed by atoms with Crippen LogP contribution in [0.1, 0.15) is 447 Å². The highest BCUT2D eigenvalue weighted by Gasteiger charge is 2.30. The maximum absolute atomic E-state index is 13.1. The largest absolute Gasteiger partial charge is 0.472 e. The Bertz CT molecular complexity index is 2010. The maximum Gasteiger partial charge on any atom is 0.472 e. The van der Waals surface area contributed by atoms with Gasteiger partial charge in [0.15, 0.2) is 12.2 Å². The Balaban J connectivity index is 5.24. The van der Waals surface area contributed by atoms with Crippen molar-refractivity contribution in [1.29, 1.82) is 0 Å². The average Bonchev–Trinajstić information content (AvgIpc) is 0.908. The molecule has 0 aromatic carbocycles. The van der Waals surface area contributed by atoms with Crippen molar-refractivity contribution >= 4 is 39.5 Å². The molecule has 17 nitrogen and oxygen atoms in total. The van der Waals surface area contributed by atoms with Crippen LogP contribution in [0.25, 0.3) is 0 Å². The van der Waals surface area contributed by atoms with E-state index in [1.54, 1.807) is 0 Å². The molecule has 0 aliphatic carbocycles. The van der Waals surface area contributed by atoms with Gasteiger partial charge in [0.25, 0.3) is 0 Å². The van der Waals surface area contributed by atoms with Crippen molar-refractivity contribution in [2.24, 2.45) is 17.8 Å². The van der Waals surface area contributed by atoms with E-state index < -0.39 is 97.5 Å². The van der Waals surface area contributed by atoms with Gasteiger partial charge in [-0.3, -0.25) is 37.3 Å². The van der Waals surface area contributed by atoms with Crippen LogP contribution in [0.2, 0.25) is 0 Å². The van der Waals surface area contributed by atoms with Crippen molar-refractivity contribution in [3.8, 4) is 0 Å². The Hall–Kier alpha value is -1.94. The molecule has 0 spiro atoms. The number of ether oxygens (including phenoxy) is 4.